The summed E-state index contributed by atoms with van der Waals surface area (Å²) in [7, 11) is 1.70. The standard InChI is InChI=1S/C16H21NO2/c1-4-14(16-10-7-11-19-16)17-12(2)13-8-5-6-9-15(13)18-3/h5-12,14,17H,4H2,1-3H3/t12-,14?/m1/s1. The van der Waals surface area contributed by atoms with Gasteiger partial charge in [0.15, 0.2) is 0 Å². The number of hydrogen-bond donors (Lipinski definition) is 1. The molecule has 1 heterocycles. The summed E-state index contributed by atoms with van der Waals surface area (Å²) in [6.45, 7) is 4.29. The Morgan fingerprint density at radius 1 is 1.21 bits per heavy atom. The highest BCUT2D eigenvalue weighted by Crippen LogP contribution is 2.28. The van der Waals surface area contributed by atoms with E-state index in [9.17, 15) is 0 Å². The second-order valence-electron chi connectivity index (χ2n) is 4.61. The summed E-state index contributed by atoms with van der Waals surface area (Å²) in [6.07, 6.45) is 2.69. The van der Waals surface area contributed by atoms with Crippen LogP contribution < -0.4 is 10.1 Å². The topological polar surface area (TPSA) is 34.4 Å². The highest BCUT2D eigenvalue weighted by atomic mass is 16.5. The van der Waals surface area contributed by atoms with E-state index in [1.54, 1.807) is 13.4 Å². The normalized spacial score (nSPS) is 14.1. The largest absolute Gasteiger partial charge is 0.496 e. The van der Waals surface area contributed by atoms with Crippen LogP contribution in [0.2, 0.25) is 0 Å². The van der Waals surface area contributed by atoms with E-state index >= 15 is 0 Å². The summed E-state index contributed by atoms with van der Waals surface area (Å²) in [5.74, 6) is 1.89. The summed E-state index contributed by atoms with van der Waals surface area (Å²) in [6, 6.07) is 12.4. The average molecular weight is 259 g/mol. The Morgan fingerprint density at radius 3 is 2.63 bits per heavy atom. The zero-order valence-corrected chi connectivity index (χ0v) is 11.7. The van der Waals surface area contributed by atoms with Gasteiger partial charge in [-0.3, -0.25) is 0 Å². The maximum atomic E-state index is 5.49. The first-order valence-corrected chi connectivity index (χ1v) is 6.68. The lowest BCUT2D eigenvalue weighted by Crippen LogP contribution is -2.24. The van der Waals surface area contributed by atoms with Gasteiger partial charge in [0.2, 0.25) is 0 Å². The molecule has 0 radical (unpaired) electrons. The van der Waals surface area contributed by atoms with E-state index in [-0.39, 0.29) is 12.1 Å². The zero-order valence-electron chi connectivity index (χ0n) is 11.7. The molecule has 2 aromatic rings. The van der Waals surface area contributed by atoms with Crippen molar-refractivity contribution in [3.8, 4) is 5.75 Å². The van der Waals surface area contributed by atoms with Gasteiger partial charge in [0, 0.05) is 11.6 Å². The first-order chi connectivity index (χ1) is 9.26. The van der Waals surface area contributed by atoms with Gasteiger partial charge >= 0.3 is 0 Å². The molecule has 0 aliphatic rings. The Morgan fingerprint density at radius 2 is 2.00 bits per heavy atom. The first kappa shape index (κ1) is 13.7. The summed E-state index contributed by atoms with van der Waals surface area (Å²) in [4.78, 5) is 0. The molecule has 0 saturated heterocycles. The smallest absolute Gasteiger partial charge is 0.123 e. The summed E-state index contributed by atoms with van der Waals surface area (Å²) in [5.41, 5.74) is 1.16. The minimum atomic E-state index is 0.200. The van der Waals surface area contributed by atoms with Crippen LogP contribution in [0, 0.1) is 0 Å². The van der Waals surface area contributed by atoms with Crippen LogP contribution in [0.3, 0.4) is 0 Å². The molecule has 1 aromatic heterocycles. The van der Waals surface area contributed by atoms with Crippen molar-refractivity contribution in [3.63, 3.8) is 0 Å². The van der Waals surface area contributed by atoms with Crippen molar-refractivity contribution in [1.82, 2.24) is 5.32 Å². The number of rotatable bonds is 6. The monoisotopic (exact) mass is 259 g/mol. The zero-order chi connectivity index (χ0) is 13.7. The van der Waals surface area contributed by atoms with Crippen LogP contribution >= 0.6 is 0 Å². The molecule has 1 aromatic carbocycles. The third kappa shape index (κ3) is 3.18. The Kier molecular flexibility index (Phi) is 4.63. The number of hydrogen-bond acceptors (Lipinski definition) is 3. The maximum absolute atomic E-state index is 5.49. The van der Waals surface area contributed by atoms with Gasteiger partial charge in [0.1, 0.15) is 11.5 Å². The van der Waals surface area contributed by atoms with E-state index in [2.05, 4.69) is 25.2 Å². The maximum Gasteiger partial charge on any atom is 0.123 e. The van der Waals surface area contributed by atoms with E-state index in [0.29, 0.717) is 0 Å². The molecule has 1 unspecified atom stereocenters. The summed E-state index contributed by atoms with van der Waals surface area (Å²) >= 11 is 0. The van der Waals surface area contributed by atoms with Gasteiger partial charge in [-0.15, -0.1) is 0 Å². The average Bonchev–Trinajstić information content (AvgIpc) is 2.98. The lowest BCUT2D eigenvalue weighted by Gasteiger charge is -2.22. The fraction of sp³-hybridized carbons (Fsp3) is 0.375. The second kappa shape index (κ2) is 6.43. The van der Waals surface area contributed by atoms with Crippen LogP contribution in [0.1, 0.15) is 43.7 Å². The number of ether oxygens (including phenoxy) is 1. The van der Waals surface area contributed by atoms with E-state index < -0.39 is 0 Å². The fourth-order valence-electron chi connectivity index (χ4n) is 2.31. The quantitative estimate of drug-likeness (QED) is 0.848. The van der Waals surface area contributed by atoms with Crippen LogP contribution in [-0.4, -0.2) is 7.11 Å². The van der Waals surface area contributed by atoms with E-state index in [0.717, 1.165) is 23.5 Å². The predicted octanol–water partition coefficient (Wildman–Crippen LogP) is 4.09. The van der Waals surface area contributed by atoms with Crippen molar-refractivity contribution >= 4 is 0 Å². The third-order valence-electron chi connectivity index (χ3n) is 3.35. The predicted molar refractivity (Wildman–Crippen MR) is 76.3 cm³/mol. The van der Waals surface area contributed by atoms with Crippen molar-refractivity contribution in [1.29, 1.82) is 0 Å². The third-order valence-corrected chi connectivity index (χ3v) is 3.35. The lowest BCUT2D eigenvalue weighted by molar-refractivity contribution is 0.363. The van der Waals surface area contributed by atoms with Gasteiger partial charge in [-0.1, -0.05) is 25.1 Å². The number of para-hydroxylation sites is 1. The van der Waals surface area contributed by atoms with Crippen molar-refractivity contribution in [2.24, 2.45) is 0 Å². The Labute approximate surface area is 114 Å². The molecule has 0 fully saturated rings. The Balaban J connectivity index is 2.13. The molecule has 1 N–H and O–H groups in total. The SMILES string of the molecule is CCC(N[C@H](C)c1ccccc1OC)c1ccco1. The molecule has 0 aliphatic heterocycles. The second-order valence-corrected chi connectivity index (χ2v) is 4.61. The van der Waals surface area contributed by atoms with Gasteiger partial charge in [-0.05, 0) is 31.5 Å². The van der Waals surface area contributed by atoms with Crippen LogP contribution in [0.4, 0.5) is 0 Å². The lowest BCUT2D eigenvalue weighted by atomic mass is 10.0. The van der Waals surface area contributed by atoms with Crippen molar-refractivity contribution < 1.29 is 9.15 Å². The van der Waals surface area contributed by atoms with E-state index in [1.165, 1.54) is 0 Å². The number of nitrogens with one attached hydrogen (secondary N) is 1. The molecular formula is C16H21NO2. The van der Waals surface area contributed by atoms with Gasteiger partial charge in [0.25, 0.3) is 0 Å². The summed E-state index contributed by atoms with van der Waals surface area (Å²) < 4.78 is 10.9. The number of benzene rings is 1. The van der Waals surface area contributed by atoms with Crippen LogP contribution in [-0.2, 0) is 0 Å². The van der Waals surface area contributed by atoms with Crippen molar-refractivity contribution in [2.75, 3.05) is 7.11 Å². The van der Waals surface area contributed by atoms with Gasteiger partial charge in [-0.2, -0.15) is 0 Å². The molecule has 0 bridgehead atoms. The van der Waals surface area contributed by atoms with E-state index in [1.807, 2.05) is 30.3 Å². The van der Waals surface area contributed by atoms with Gasteiger partial charge in [0.05, 0.1) is 19.4 Å². The minimum Gasteiger partial charge on any atom is -0.496 e. The minimum absolute atomic E-state index is 0.200. The number of furan rings is 1. The molecule has 0 aliphatic carbocycles. The molecule has 3 nitrogen and oxygen atoms in total. The molecule has 19 heavy (non-hydrogen) atoms. The van der Waals surface area contributed by atoms with Gasteiger partial charge < -0.3 is 14.5 Å². The first-order valence-electron chi connectivity index (χ1n) is 6.68. The molecule has 2 rings (SSSR count). The van der Waals surface area contributed by atoms with Crippen LogP contribution in [0.25, 0.3) is 0 Å². The molecule has 3 heteroatoms. The summed E-state index contributed by atoms with van der Waals surface area (Å²) in [5, 5.41) is 3.59. The molecule has 0 amide bonds. The highest BCUT2D eigenvalue weighted by molar-refractivity contribution is 5.35. The fourth-order valence-corrected chi connectivity index (χ4v) is 2.31. The molecule has 102 valence electrons. The van der Waals surface area contributed by atoms with E-state index in [4.69, 9.17) is 9.15 Å². The van der Waals surface area contributed by atoms with Crippen molar-refractivity contribution in [3.05, 3.63) is 54.0 Å². The number of methoxy groups -OCH3 is 1. The van der Waals surface area contributed by atoms with Crippen LogP contribution in [0.5, 0.6) is 5.75 Å². The Bertz CT molecular complexity index is 493. The van der Waals surface area contributed by atoms with Gasteiger partial charge in [-0.25, -0.2) is 0 Å². The Hall–Kier alpha value is -1.74. The van der Waals surface area contributed by atoms with Crippen molar-refractivity contribution in [2.45, 2.75) is 32.4 Å². The van der Waals surface area contributed by atoms with Crippen LogP contribution in [0.15, 0.2) is 47.1 Å². The highest BCUT2D eigenvalue weighted by Gasteiger charge is 2.17. The molecule has 2 atom stereocenters. The molecule has 0 saturated carbocycles. The molecule has 0 spiro atoms. The molecular weight excluding hydrogens is 238 g/mol.